The van der Waals surface area contributed by atoms with E-state index < -0.39 is 17.8 Å². The number of hydrogen-bond acceptors (Lipinski definition) is 6. The van der Waals surface area contributed by atoms with Gasteiger partial charge in [-0.05, 0) is 18.2 Å². The number of carbonyl (C=O) groups excluding carboxylic acids is 2. The minimum Gasteiger partial charge on any atom is -0.497 e. The summed E-state index contributed by atoms with van der Waals surface area (Å²) in [6.07, 6.45) is 1.42. The average molecular weight is 347 g/mol. The molecule has 0 atom stereocenters. The fourth-order valence-electron chi connectivity index (χ4n) is 1.91. The summed E-state index contributed by atoms with van der Waals surface area (Å²) in [5.74, 6) is -1.31. The molecule has 25 heavy (non-hydrogen) atoms. The Balaban J connectivity index is 1.77. The van der Waals surface area contributed by atoms with E-state index in [1.807, 2.05) is 0 Å². The van der Waals surface area contributed by atoms with Crippen LogP contribution in [0, 0.1) is 0 Å². The molecule has 0 aliphatic rings. The minimum absolute atomic E-state index is 0.0769. The third-order valence-corrected chi connectivity index (χ3v) is 3.09. The van der Waals surface area contributed by atoms with Crippen LogP contribution >= 0.6 is 0 Å². The molecule has 0 aliphatic heterocycles. The van der Waals surface area contributed by atoms with Crippen molar-refractivity contribution < 1.29 is 24.2 Å². The van der Waals surface area contributed by atoms with Crippen molar-refractivity contribution in [2.24, 2.45) is 0 Å². The molecule has 0 unspecified atom stereocenters. The second-order valence-corrected chi connectivity index (χ2v) is 4.99. The van der Waals surface area contributed by atoms with Gasteiger partial charge in [-0.1, -0.05) is 11.3 Å². The number of carboxylic acid groups (broad SMARTS) is 1. The first-order chi connectivity index (χ1) is 12.0. The highest BCUT2D eigenvalue weighted by Crippen LogP contribution is 2.12. The van der Waals surface area contributed by atoms with Crippen LogP contribution in [0.4, 0.5) is 0 Å². The number of aliphatic carboxylic acids is 1. The first-order valence-electron chi connectivity index (χ1n) is 7.27. The highest BCUT2D eigenvalue weighted by Gasteiger charge is 2.10. The van der Waals surface area contributed by atoms with Crippen molar-refractivity contribution >= 4 is 17.8 Å². The third kappa shape index (κ3) is 5.61. The molecule has 132 valence electrons. The molecule has 0 bridgehead atoms. The number of ether oxygens (including phenoxy) is 1. The van der Waals surface area contributed by atoms with Crippen molar-refractivity contribution in [3.8, 4) is 5.75 Å². The van der Waals surface area contributed by atoms with Gasteiger partial charge in [0.1, 0.15) is 18.0 Å². The summed E-state index contributed by atoms with van der Waals surface area (Å²) in [6.45, 7) is -0.440. The third-order valence-electron chi connectivity index (χ3n) is 3.09. The number of hydrogen-bond donors (Lipinski definition) is 3. The number of carboxylic acids is 1. The Morgan fingerprint density at radius 2 is 2.08 bits per heavy atom. The Bertz CT molecular complexity index is 773. The van der Waals surface area contributed by atoms with E-state index in [0.717, 1.165) is 4.68 Å². The van der Waals surface area contributed by atoms with Gasteiger partial charge in [0.2, 0.25) is 5.91 Å². The Morgan fingerprint density at radius 3 is 2.80 bits per heavy atom. The van der Waals surface area contributed by atoms with Crippen molar-refractivity contribution in [2.45, 2.75) is 13.1 Å². The first kappa shape index (κ1) is 17.9. The molecule has 2 aromatic rings. The van der Waals surface area contributed by atoms with E-state index in [1.165, 1.54) is 13.3 Å². The normalized spacial score (nSPS) is 10.1. The van der Waals surface area contributed by atoms with E-state index in [4.69, 9.17) is 9.84 Å². The number of benzene rings is 1. The van der Waals surface area contributed by atoms with E-state index in [9.17, 15) is 14.4 Å². The number of nitrogens with one attached hydrogen (secondary N) is 2. The van der Waals surface area contributed by atoms with Gasteiger partial charge in [-0.25, -0.2) is 4.68 Å². The predicted octanol–water partition coefficient (Wildman–Crippen LogP) is -0.582. The maximum Gasteiger partial charge on any atom is 0.325 e. The highest BCUT2D eigenvalue weighted by molar-refractivity contribution is 5.96. The molecule has 10 nitrogen and oxygen atoms in total. The van der Waals surface area contributed by atoms with Crippen molar-refractivity contribution in [1.82, 2.24) is 25.6 Å². The number of nitrogens with zero attached hydrogens (tertiary/aromatic N) is 3. The number of methoxy groups -OCH3 is 1. The van der Waals surface area contributed by atoms with Crippen LogP contribution in [-0.2, 0) is 22.7 Å². The molecule has 0 aliphatic carbocycles. The van der Waals surface area contributed by atoms with Crippen LogP contribution in [0.5, 0.6) is 5.75 Å². The number of amides is 2. The molecule has 0 radical (unpaired) electrons. The lowest BCUT2D eigenvalue weighted by Gasteiger charge is -2.07. The second-order valence-electron chi connectivity index (χ2n) is 4.99. The van der Waals surface area contributed by atoms with E-state index >= 15 is 0 Å². The van der Waals surface area contributed by atoms with Crippen molar-refractivity contribution in [3.05, 3.63) is 41.7 Å². The molecule has 3 N–H and O–H groups in total. The van der Waals surface area contributed by atoms with E-state index in [-0.39, 0.29) is 19.6 Å². The van der Waals surface area contributed by atoms with Crippen LogP contribution < -0.4 is 15.4 Å². The molecule has 0 saturated heterocycles. The van der Waals surface area contributed by atoms with Gasteiger partial charge in [0.25, 0.3) is 5.91 Å². The SMILES string of the molecule is COc1cccc(C(=O)NCC(=O)NCc2cn(CC(=O)O)nn2)c1. The fourth-order valence-corrected chi connectivity index (χ4v) is 1.91. The van der Waals surface area contributed by atoms with Gasteiger partial charge >= 0.3 is 5.97 Å². The number of aromatic nitrogens is 3. The molecule has 2 amide bonds. The zero-order valence-electron chi connectivity index (χ0n) is 13.4. The topological polar surface area (TPSA) is 135 Å². The monoisotopic (exact) mass is 347 g/mol. The van der Waals surface area contributed by atoms with Crippen molar-refractivity contribution in [2.75, 3.05) is 13.7 Å². The van der Waals surface area contributed by atoms with E-state index in [2.05, 4.69) is 20.9 Å². The Labute approximate surface area is 142 Å². The summed E-state index contributed by atoms with van der Waals surface area (Å²) in [4.78, 5) is 34.3. The van der Waals surface area contributed by atoms with Gasteiger partial charge in [-0.3, -0.25) is 14.4 Å². The highest BCUT2D eigenvalue weighted by atomic mass is 16.5. The van der Waals surface area contributed by atoms with Crippen LogP contribution in [0.2, 0.25) is 0 Å². The molecule has 1 heterocycles. The second kappa shape index (κ2) is 8.43. The predicted molar refractivity (Wildman–Crippen MR) is 84.8 cm³/mol. The van der Waals surface area contributed by atoms with Gasteiger partial charge in [0, 0.05) is 5.56 Å². The van der Waals surface area contributed by atoms with Crippen molar-refractivity contribution in [1.29, 1.82) is 0 Å². The Kier molecular flexibility index (Phi) is 6.04. The lowest BCUT2D eigenvalue weighted by Crippen LogP contribution is -2.36. The maximum absolute atomic E-state index is 12.0. The lowest BCUT2D eigenvalue weighted by atomic mass is 10.2. The summed E-state index contributed by atoms with van der Waals surface area (Å²) in [5, 5.41) is 21.0. The zero-order valence-corrected chi connectivity index (χ0v) is 13.4. The average Bonchev–Trinajstić information content (AvgIpc) is 3.04. The molecular formula is C15H17N5O5. The van der Waals surface area contributed by atoms with Crippen LogP contribution in [0.1, 0.15) is 16.1 Å². The largest absolute Gasteiger partial charge is 0.497 e. The van der Waals surface area contributed by atoms with Gasteiger partial charge < -0.3 is 20.5 Å². The van der Waals surface area contributed by atoms with Crippen LogP contribution in [-0.4, -0.2) is 51.5 Å². The van der Waals surface area contributed by atoms with Gasteiger partial charge in [-0.15, -0.1) is 5.10 Å². The van der Waals surface area contributed by atoms with Crippen LogP contribution in [0.3, 0.4) is 0 Å². The minimum atomic E-state index is -1.04. The Morgan fingerprint density at radius 1 is 1.28 bits per heavy atom. The first-order valence-corrected chi connectivity index (χ1v) is 7.27. The van der Waals surface area contributed by atoms with E-state index in [1.54, 1.807) is 24.3 Å². The summed E-state index contributed by atoms with van der Waals surface area (Å²) < 4.78 is 6.18. The quantitative estimate of drug-likeness (QED) is 0.581. The molecule has 0 fully saturated rings. The fraction of sp³-hybridized carbons (Fsp3) is 0.267. The number of carbonyl (C=O) groups is 3. The molecular weight excluding hydrogens is 330 g/mol. The molecule has 10 heteroatoms. The zero-order chi connectivity index (χ0) is 18.2. The molecule has 1 aromatic carbocycles. The molecule has 0 saturated carbocycles. The number of rotatable bonds is 8. The summed E-state index contributed by atoms with van der Waals surface area (Å²) >= 11 is 0. The molecule has 0 spiro atoms. The van der Waals surface area contributed by atoms with E-state index in [0.29, 0.717) is 17.0 Å². The van der Waals surface area contributed by atoms with Gasteiger partial charge in [0.05, 0.1) is 26.4 Å². The van der Waals surface area contributed by atoms with Crippen molar-refractivity contribution in [3.63, 3.8) is 0 Å². The smallest absolute Gasteiger partial charge is 0.325 e. The van der Waals surface area contributed by atoms with Gasteiger partial charge in [-0.2, -0.15) is 0 Å². The lowest BCUT2D eigenvalue weighted by molar-refractivity contribution is -0.138. The maximum atomic E-state index is 12.0. The molecule has 1 aromatic heterocycles. The molecule has 2 rings (SSSR count). The van der Waals surface area contributed by atoms with Crippen LogP contribution in [0.15, 0.2) is 30.5 Å². The Hall–Kier alpha value is -3.43. The summed E-state index contributed by atoms with van der Waals surface area (Å²) in [5.41, 5.74) is 0.789. The summed E-state index contributed by atoms with van der Waals surface area (Å²) in [7, 11) is 1.50. The van der Waals surface area contributed by atoms with Gasteiger partial charge in [0.15, 0.2) is 0 Å². The van der Waals surface area contributed by atoms with Crippen LogP contribution in [0.25, 0.3) is 0 Å². The standard InChI is InChI=1S/C15H17N5O5/c1-25-12-4-2-3-10(5-12)15(24)17-7-13(21)16-6-11-8-20(19-18-11)9-14(22)23/h2-5,8H,6-7,9H2,1H3,(H,16,21)(H,17,24)(H,22,23). The summed E-state index contributed by atoms with van der Waals surface area (Å²) in [6, 6.07) is 6.56.